The summed E-state index contributed by atoms with van der Waals surface area (Å²) < 4.78 is 10.5. The molecule has 0 bridgehead atoms. The van der Waals surface area contributed by atoms with Gasteiger partial charge in [0.2, 0.25) is 0 Å². The summed E-state index contributed by atoms with van der Waals surface area (Å²) in [5.41, 5.74) is 1.11. The maximum Gasteiger partial charge on any atom is 0.337 e. The lowest BCUT2D eigenvalue weighted by Crippen LogP contribution is -2.16. The van der Waals surface area contributed by atoms with Crippen LogP contribution in [0.3, 0.4) is 0 Å². The van der Waals surface area contributed by atoms with Gasteiger partial charge in [-0.25, -0.2) is 4.79 Å². The fourth-order valence-electron chi connectivity index (χ4n) is 2.42. The summed E-state index contributed by atoms with van der Waals surface area (Å²) >= 11 is 0. The molecule has 0 spiro atoms. The molecule has 1 aromatic carbocycles. The average Bonchev–Trinajstić information content (AvgIpc) is 2.53. The number of aryl methyl sites for hydroxylation is 1. The van der Waals surface area contributed by atoms with Crippen LogP contribution < -0.4 is 4.74 Å². The van der Waals surface area contributed by atoms with Crippen molar-refractivity contribution in [2.24, 2.45) is 0 Å². The number of rotatable bonds is 12. The average molecular weight is 306 g/mol. The number of hydrogen-bond acceptors (Lipinski definition) is 3. The van der Waals surface area contributed by atoms with Crippen molar-refractivity contribution in [1.82, 2.24) is 0 Å². The Morgan fingerprint density at radius 1 is 0.955 bits per heavy atom. The second-order valence-corrected chi connectivity index (χ2v) is 5.59. The Balaban J connectivity index is 2.32. The van der Waals surface area contributed by atoms with Gasteiger partial charge in [-0.2, -0.15) is 0 Å². The van der Waals surface area contributed by atoms with Crippen LogP contribution in [0.1, 0.15) is 64.4 Å². The molecule has 1 rings (SSSR count). The standard InChI is InChI=1S/C19H30O3/c1-3-5-6-7-8-9-10-13-17-14-11-12-15-18(17)22-19(20)16-21-4-2/h11-12,14-15H,3-10,13,16H2,1-2H3. The van der Waals surface area contributed by atoms with E-state index >= 15 is 0 Å². The number of hydrogen-bond donors (Lipinski definition) is 0. The molecule has 0 radical (unpaired) electrons. The third kappa shape index (κ3) is 8.18. The maximum absolute atomic E-state index is 11.7. The summed E-state index contributed by atoms with van der Waals surface area (Å²) in [6, 6.07) is 7.80. The van der Waals surface area contributed by atoms with Crippen molar-refractivity contribution in [2.45, 2.75) is 65.2 Å². The summed E-state index contributed by atoms with van der Waals surface area (Å²) in [4.78, 5) is 11.7. The van der Waals surface area contributed by atoms with E-state index in [-0.39, 0.29) is 12.6 Å². The first-order valence-electron chi connectivity index (χ1n) is 8.64. The van der Waals surface area contributed by atoms with Gasteiger partial charge in [0.15, 0.2) is 0 Å². The van der Waals surface area contributed by atoms with Crippen LogP contribution in [0, 0.1) is 0 Å². The zero-order valence-electron chi connectivity index (χ0n) is 14.1. The van der Waals surface area contributed by atoms with Gasteiger partial charge in [0, 0.05) is 6.61 Å². The highest BCUT2D eigenvalue weighted by molar-refractivity contribution is 5.74. The van der Waals surface area contributed by atoms with E-state index in [9.17, 15) is 4.79 Å². The molecule has 0 unspecified atom stereocenters. The summed E-state index contributed by atoms with van der Waals surface area (Å²) in [6.07, 6.45) is 9.97. The Hall–Kier alpha value is -1.35. The van der Waals surface area contributed by atoms with Gasteiger partial charge in [-0.05, 0) is 31.4 Å². The van der Waals surface area contributed by atoms with Gasteiger partial charge in [0.25, 0.3) is 0 Å². The molecule has 0 atom stereocenters. The number of ether oxygens (including phenoxy) is 2. The number of esters is 1. The van der Waals surface area contributed by atoms with E-state index in [1.807, 2.05) is 31.2 Å². The van der Waals surface area contributed by atoms with Gasteiger partial charge >= 0.3 is 5.97 Å². The number of benzene rings is 1. The van der Waals surface area contributed by atoms with Crippen LogP contribution in [0.15, 0.2) is 24.3 Å². The van der Waals surface area contributed by atoms with Crippen LogP contribution in [0.5, 0.6) is 5.75 Å². The minimum Gasteiger partial charge on any atom is -0.425 e. The van der Waals surface area contributed by atoms with Gasteiger partial charge in [-0.1, -0.05) is 63.6 Å². The van der Waals surface area contributed by atoms with Gasteiger partial charge in [-0.3, -0.25) is 0 Å². The Bertz CT molecular complexity index is 415. The first-order chi connectivity index (χ1) is 10.8. The lowest BCUT2D eigenvalue weighted by atomic mass is 10.0. The topological polar surface area (TPSA) is 35.5 Å². The minimum absolute atomic E-state index is 0.0161. The molecule has 124 valence electrons. The van der Waals surface area contributed by atoms with Gasteiger partial charge < -0.3 is 9.47 Å². The number of carbonyl (C=O) groups excluding carboxylic acids is 1. The Kier molecular flexibility index (Phi) is 10.4. The maximum atomic E-state index is 11.7. The van der Waals surface area contributed by atoms with Gasteiger partial charge in [0.05, 0.1) is 0 Å². The highest BCUT2D eigenvalue weighted by Crippen LogP contribution is 2.21. The van der Waals surface area contributed by atoms with E-state index in [1.165, 1.54) is 38.5 Å². The van der Waals surface area contributed by atoms with Crippen molar-refractivity contribution in [2.75, 3.05) is 13.2 Å². The lowest BCUT2D eigenvalue weighted by Gasteiger charge is -2.10. The Morgan fingerprint density at radius 2 is 1.64 bits per heavy atom. The van der Waals surface area contributed by atoms with Crippen molar-refractivity contribution in [3.05, 3.63) is 29.8 Å². The molecule has 0 aliphatic carbocycles. The SMILES string of the molecule is CCCCCCCCCc1ccccc1OC(=O)COCC. The molecule has 0 amide bonds. The molecular formula is C19H30O3. The molecule has 0 aromatic heterocycles. The van der Waals surface area contributed by atoms with Crippen molar-refractivity contribution >= 4 is 5.97 Å². The third-order valence-corrected chi connectivity index (χ3v) is 3.67. The van der Waals surface area contributed by atoms with E-state index in [1.54, 1.807) is 0 Å². The Labute approximate surface area is 135 Å². The molecule has 0 aliphatic rings. The largest absolute Gasteiger partial charge is 0.425 e. The van der Waals surface area contributed by atoms with E-state index in [0.717, 1.165) is 18.4 Å². The van der Waals surface area contributed by atoms with Crippen molar-refractivity contribution < 1.29 is 14.3 Å². The normalized spacial score (nSPS) is 10.6. The van der Waals surface area contributed by atoms with Crippen LogP contribution in [0.25, 0.3) is 0 Å². The summed E-state index contributed by atoms with van der Waals surface area (Å²) in [5.74, 6) is 0.354. The van der Waals surface area contributed by atoms with E-state index in [4.69, 9.17) is 9.47 Å². The van der Waals surface area contributed by atoms with Crippen molar-refractivity contribution in [3.8, 4) is 5.75 Å². The molecule has 0 saturated carbocycles. The van der Waals surface area contributed by atoms with E-state index < -0.39 is 0 Å². The fraction of sp³-hybridized carbons (Fsp3) is 0.632. The van der Waals surface area contributed by atoms with E-state index in [0.29, 0.717) is 12.4 Å². The van der Waals surface area contributed by atoms with Gasteiger partial charge in [0.1, 0.15) is 12.4 Å². The predicted octanol–water partition coefficient (Wildman–Crippen LogP) is 4.92. The van der Waals surface area contributed by atoms with E-state index in [2.05, 4.69) is 6.92 Å². The van der Waals surface area contributed by atoms with Crippen LogP contribution in [-0.4, -0.2) is 19.2 Å². The smallest absolute Gasteiger partial charge is 0.337 e. The second-order valence-electron chi connectivity index (χ2n) is 5.59. The highest BCUT2D eigenvalue weighted by Gasteiger charge is 2.08. The molecular weight excluding hydrogens is 276 g/mol. The second kappa shape index (κ2) is 12.2. The summed E-state index contributed by atoms with van der Waals surface area (Å²) in [7, 11) is 0. The molecule has 0 aliphatic heterocycles. The van der Waals surface area contributed by atoms with Crippen molar-refractivity contribution in [3.63, 3.8) is 0 Å². The molecule has 0 N–H and O–H groups in total. The third-order valence-electron chi connectivity index (χ3n) is 3.67. The monoisotopic (exact) mass is 306 g/mol. The zero-order chi connectivity index (χ0) is 16.0. The minimum atomic E-state index is -0.325. The summed E-state index contributed by atoms with van der Waals surface area (Å²) in [6.45, 7) is 4.64. The van der Waals surface area contributed by atoms with Gasteiger partial charge in [-0.15, -0.1) is 0 Å². The molecule has 0 heterocycles. The summed E-state index contributed by atoms with van der Waals surface area (Å²) in [5, 5.41) is 0. The molecule has 0 fully saturated rings. The highest BCUT2D eigenvalue weighted by atomic mass is 16.6. The molecule has 3 heteroatoms. The van der Waals surface area contributed by atoms with Crippen LogP contribution in [0.4, 0.5) is 0 Å². The molecule has 22 heavy (non-hydrogen) atoms. The molecule has 3 nitrogen and oxygen atoms in total. The lowest BCUT2D eigenvalue weighted by molar-refractivity contribution is -0.139. The van der Waals surface area contributed by atoms with Crippen molar-refractivity contribution in [1.29, 1.82) is 0 Å². The zero-order valence-corrected chi connectivity index (χ0v) is 14.1. The molecule has 0 saturated heterocycles. The number of unbranched alkanes of at least 4 members (excludes halogenated alkanes) is 6. The quantitative estimate of drug-likeness (QED) is 0.312. The van der Waals surface area contributed by atoms with Crippen LogP contribution in [-0.2, 0) is 16.0 Å². The fourth-order valence-corrected chi connectivity index (χ4v) is 2.42. The first kappa shape index (κ1) is 18.7. The first-order valence-corrected chi connectivity index (χ1v) is 8.64. The molecule has 1 aromatic rings. The Morgan fingerprint density at radius 3 is 2.36 bits per heavy atom. The van der Waals surface area contributed by atoms with Crippen LogP contribution >= 0.6 is 0 Å². The predicted molar refractivity (Wildman–Crippen MR) is 90.3 cm³/mol. The number of para-hydroxylation sites is 1. The number of carbonyl (C=O) groups is 1. The van der Waals surface area contributed by atoms with Crippen LogP contribution in [0.2, 0.25) is 0 Å².